The molecule has 0 aliphatic heterocycles. The molecule has 4 nitrogen and oxygen atoms in total. The molecule has 2 aromatic carbocycles. The fraction of sp³-hybridized carbons (Fsp3) is 0.118. The Bertz CT molecular complexity index is 771. The molecule has 21 heavy (non-hydrogen) atoms. The first-order valence-corrected chi connectivity index (χ1v) is 6.62. The SMILES string of the molecule is COc1cccc2c(Oc3ccccc3CO)nccc12. The molecule has 0 amide bonds. The van der Waals surface area contributed by atoms with E-state index in [-0.39, 0.29) is 6.61 Å². The van der Waals surface area contributed by atoms with Crippen molar-refractivity contribution in [2.75, 3.05) is 7.11 Å². The molecule has 3 rings (SSSR count). The maximum Gasteiger partial charge on any atom is 0.227 e. The first kappa shape index (κ1) is 13.4. The highest BCUT2D eigenvalue weighted by Gasteiger charge is 2.10. The molecule has 3 aromatic rings. The van der Waals surface area contributed by atoms with Gasteiger partial charge in [-0.3, -0.25) is 0 Å². The zero-order chi connectivity index (χ0) is 14.7. The van der Waals surface area contributed by atoms with E-state index in [1.54, 1.807) is 13.3 Å². The third-order valence-electron chi connectivity index (χ3n) is 3.30. The van der Waals surface area contributed by atoms with Crippen LogP contribution in [-0.2, 0) is 6.61 Å². The van der Waals surface area contributed by atoms with Gasteiger partial charge in [0, 0.05) is 22.5 Å². The number of fused-ring (bicyclic) bond motifs is 1. The second kappa shape index (κ2) is 5.81. The molecule has 0 aliphatic rings. The summed E-state index contributed by atoms with van der Waals surface area (Å²) in [6, 6.07) is 15.0. The number of rotatable bonds is 4. The van der Waals surface area contributed by atoms with Gasteiger partial charge in [-0.05, 0) is 24.3 Å². The van der Waals surface area contributed by atoms with E-state index in [1.165, 1.54) is 0 Å². The summed E-state index contributed by atoms with van der Waals surface area (Å²) in [7, 11) is 1.64. The van der Waals surface area contributed by atoms with Gasteiger partial charge in [-0.1, -0.05) is 24.3 Å². The first-order valence-electron chi connectivity index (χ1n) is 6.62. The molecule has 0 aliphatic carbocycles. The van der Waals surface area contributed by atoms with Gasteiger partial charge in [0.05, 0.1) is 13.7 Å². The van der Waals surface area contributed by atoms with E-state index in [2.05, 4.69) is 4.98 Å². The highest BCUT2D eigenvalue weighted by Crippen LogP contribution is 2.33. The monoisotopic (exact) mass is 281 g/mol. The molecule has 1 aromatic heterocycles. The van der Waals surface area contributed by atoms with Gasteiger partial charge in [0.1, 0.15) is 11.5 Å². The fourth-order valence-electron chi connectivity index (χ4n) is 2.25. The molecule has 0 atom stereocenters. The van der Waals surface area contributed by atoms with Crippen molar-refractivity contribution in [2.24, 2.45) is 0 Å². The fourth-order valence-corrected chi connectivity index (χ4v) is 2.25. The summed E-state index contributed by atoms with van der Waals surface area (Å²) >= 11 is 0. The van der Waals surface area contributed by atoms with Gasteiger partial charge in [-0.2, -0.15) is 0 Å². The van der Waals surface area contributed by atoms with E-state index >= 15 is 0 Å². The van der Waals surface area contributed by atoms with Crippen LogP contribution in [-0.4, -0.2) is 17.2 Å². The van der Waals surface area contributed by atoms with E-state index in [4.69, 9.17) is 9.47 Å². The van der Waals surface area contributed by atoms with Gasteiger partial charge >= 0.3 is 0 Å². The molecule has 106 valence electrons. The van der Waals surface area contributed by atoms with Gasteiger partial charge in [-0.25, -0.2) is 4.98 Å². The lowest BCUT2D eigenvalue weighted by Gasteiger charge is -2.12. The average Bonchev–Trinajstić information content (AvgIpc) is 2.55. The average molecular weight is 281 g/mol. The van der Waals surface area contributed by atoms with Crippen molar-refractivity contribution in [1.82, 2.24) is 4.98 Å². The number of ether oxygens (including phenoxy) is 2. The van der Waals surface area contributed by atoms with Crippen molar-refractivity contribution in [1.29, 1.82) is 0 Å². The Morgan fingerprint density at radius 3 is 2.57 bits per heavy atom. The number of para-hydroxylation sites is 1. The van der Waals surface area contributed by atoms with Crippen LogP contribution in [0.3, 0.4) is 0 Å². The number of aliphatic hydroxyl groups excluding tert-OH is 1. The molecule has 1 heterocycles. The van der Waals surface area contributed by atoms with Crippen LogP contribution in [0, 0.1) is 0 Å². The number of benzene rings is 2. The number of aliphatic hydroxyl groups is 1. The van der Waals surface area contributed by atoms with Gasteiger partial charge in [0.25, 0.3) is 0 Å². The van der Waals surface area contributed by atoms with Crippen molar-refractivity contribution >= 4 is 10.8 Å². The number of pyridine rings is 1. The molecular weight excluding hydrogens is 266 g/mol. The van der Waals surface area contributed by atoms with E-state index in [9.17, 15) is 5.11 Å². The predicted octanol–water partition coefficient (Wildman–Crippen LogP) is 3.53. The number of hydrogen-bond donors (Lipinski definition) is 1. The van der Waals surface area contributed by atoms with Gasteiger partial charge in [0.2, 0.25) is 5.88 Å². The normalized spacial score (nSPS) is 10.6. The maximum atomic E-state index is 9.37. The number of nitrogens with zero attached hydrogens (tertiary/aromatic N) is 1. The zero-order valence-corrected chi connectivity index (χ0v) is 11.6. The first-order chi connectivity index (χ1) is 10.3. The van der Waals surface area contributed by atoms with Crippen LogP contribution in [0.4, 0.5) is 0 Å². The largest absolute Gasteiger partial charge is 0.496 e. The second-order valence-electron chi connectivity index (χ2n) is 4.54. The molecule has 0 unspecified atom stereocenters. The van der Waals surface area contributed by atoms with Gasteiger partial charge in [-0.15, -0.1) is 0 Å². The number of aromatic nitrogens is 1. The molecule has 0 fully saturated rings. The molecule has 0 saturated carbocycles. The standard InChI is InChI=1S/C17H15NO3/c1-20-16-8-4-6-14-13(16)9-10-18-17(14)21-15-7-3-2-5-12(15)11-19/h2-10,19H,11H2,1H3. The van der Waals surface area contributed by atoms with Crippen LogP contribution in [0.5, 0.6) is 17.4 Å². The summed E-state index contributed by atoms with van der Waals surface area (Å²) in [5, 5.41) is 11.2. The topological polar surface area (TPSA) is 51.6 Å². The Balaban J connectivity index is 2.09. The molecule has 0 bridgehead atoms. The maximum absolute atomic E-state index is 9.37. The van der Waals surface area contributed by atoms with Crippen LogP contribution < -0.4 is 9.47 Å². The summed E-state index contributed by atoms with van der Waals surface area (Å²) in [6.45, 7) is -0.0791. The molecular formula is C17H15NO3. The van der Waals surface area contributed by atoms with Crippen molar-refractivity contribution < 1.29 is 14.6 Å². The Labute approximate surface area is 122 Å². The zero-order valence-electron chi connectivity index (χ0n) is 11.6. The summed E-state index contributed by atoms with van der Waals surface area (Å²) in [6.07, 6.45) is 1.68. The lowest BCUT2D eigenvalue weighted by molar-refractivity contribution is 0.276. The Morgan fingerprint density at radius 1 is 0.952 bits per heavy atom. The molecule has 0 radical (unpaired) electrons. The summed E-state index contributed by atoms with van der Waals surface area (Å²) < 4.78 is 11.2. The Kier molecular flexibility index (Phi) is 3.71. The number of hydrogen-bond acceptors (Lipinski definition) is 4. The molecule has 4 heteroatoms. The van der Waals surface area contributed by atoms with Crippen LogP contribution >= 0.6 is 0 Å². The van der Waals surface area contributed by atoms with Crippen LogP contribution in [0.15, 0.2) is 54.7 Å². The highest BCUT2D eigenvalue weighted by atomic mass is 16.5. The van der Waals surface area contributed by atoms with Crippen LogP contribution in [0.2, 0.25) is 0 Å². The smallest absolute Gasteiger partial charge is 0.227 e. The Morgan fingerprint density at radius 2 is 1.76 bits per heavy atom. The highest BCUT2D eigenvalue weighted by molar-refractivity contribution is 5.91. The minimum absolute atomic E-state index is 0.0791. The summed E-state index contributed by atoms with van der Waals surface area (Å²) in [5.41, 5.74) is 0.721. The predicted molar refractivity (Wildman–Crippen MR) is 80.7 cm³/mol. The van der Waals surface area contributed by atoms with Crippen molar-refractivity contribution in [3.05, 3.63) is 60.3 Å². The second-order valence-corrected chi connectivity index (χ2v) is 4.54. The molecule has 0 saturated heterocycles. The van der Waals surface area contributed by atoms with Crippen molar-refractivity contribution in [2.45, 2.75) is 6.61 Å². The van der Waals surface area contributed by atoms with Gasteiger partial charge < -0.3 is 14.6 Å². The van der Waals surface area contributed by atoms with E-state index in [0.717, 1.165) is 22.1 Å². The lowest BCUT2D eigenvalue weighted by Crippen LogP contribution is -1.94. The molecule has 1 N–H and O–H groups in total. The third kappa shape index (κ3) is 2.53. The van der Waals surface area contributed by atoms with E-state index < -0.39 is 0 Å². The number of methoxy groups -OCH3 is 1. The van der Waals surface area contributed by atoms with Gasteiger partial charge in [0.15, 0.2) is 0 Å². The van der Waals surface area contributed by atoms with Crippen LogP contribution in [0.1, 0.15) is 5.56 Å². The van der Waals surface area contributed by atoms with E-state index in [1.807, 2.05) is 48.5 Å². The van der Waals surface area contributed by atoms with Crippen molar-refractivity contribution in [3.8, 4) is 17.4 Å². The van der Waals surface area contributed by atoms with Crippen LogP contribution in [0.25, 0.3) is 10.8 Å². The molecule has 0 spiro atoms. The Hall–Kier alpha value is -2.59. The summed E-state index contributed by atoms with van der Waals surface area (Å²) in [4.78, 5) is 4.29. The van der Waals surface area contributed by atoms with Crippen molar-refractivity contribution in [3.63, 3.8) is 0 Å². The minimum Gasteiger partial charge on any atom is -0.496 e. The summed E-state index contributed by atoms with van der Waals surface area (Å²) in [5.74, 6) is 1.87. The van der Waals surface area contributed by atoms with E-state index in [0.29, 0.717) is 11.6 Å². The minimum atomic E-state index is -0.0791. The quantitative estimate of drug-likeness (QED) is 0.795. The lowest BCUT2D eigenvalue weighted by atomic mass is 10.1. The third-order valence-corrected chi connectivity index (χ3v) is 3.30.